The van der Waals surface area contributed by atoms with Gasteiger partial charge in [-0.25, -0.2) is 9.51 Å². The van der Waals surface area contributed by atoms with Gasteiger partial charge in [-0.15, -0.1) is 0 Å². The maximum absolute atomic E-state index is 14.0. The molecule has 1 fully saturated rings. The van der Waals surface area contributed by atoms with Crippen LogP contribution >= 0.6 is 11.6 Å². The lowest BCUT2D eigenvalue weighted by Crippen LogP contribution is -2.33. The van der Waals surface area contributed by atoms with E-state index in [1.165, 1.54) is 19.2 Å². The zero-order valence-electron chi connectivity index (χ0n) is 21.2. The number of ether oxygens (including phenoxy) is 1. The molecular formula is C28H28ClF3N6O. The highest BCUT2D eigenvalue weighted by Crippen LogP contribution is 2.40. The van der Waals surface area contributed by atoms with Crippen molar-refractivity contribution in [1.82, 2.24) is 9.61 Å². The van der Waals surface area contributed by atoms with Gasteiger partial charge in [-0.05, 0) is 61.6 Å². The third kappa shape index (κ3) is 5.67. The SMILES string of the molecule is COc1ccc(-c2cc3c(NC4CCC(N)CC4)c(C(N)=Nc4ccccc4Cl)cnn3c2)c(C(F)(F)F)c1. The van der Waals surface area contributed by atoms with Crippen LogP contribution in [0.15, 0.2) is 65.9 Å². The molecule has 0 radical (unpaired) electrons. The molecule has 2 heterocycles. The minimum Gasteiger partial charge on any atom is -0.497 e. The topological polar surface area (TPSA) is 103 Å². The van der Waals surface area contributed by atoms with E-state index in [1.54, 1.807) is 47.2 Å². The van der Waals surface area contributed by atoms with Crippen molar-refractivity contribution in [3.8, 4) is 16.9 Å². The van der Waals surface area contributed by atoms with Crippen molar-refractivity contribution in [3.05, 3.63) is 77.1 Å². The molecule has 0 atom stereocenters. The molecule has 4 aromatic rings. The number of aliphatic imine (C=N–C) groups is 1. The van der Waals surface area contributed by atoms with E-state index in [2.05, 4.69) is 15.4 Å². The van der Waals surface area contributed by atoms with Crippen molar-refractivity contribution in [1.29, 1.82) is 0 Å². The molecule has 1 aliphatic carbocycles. The summed E-state index contributed by atoms with van der Waals surface area (Å²) in [5, 5.41) is 8.47. The monoisotopic (exact) mass is 556 g/mol. The van der Waals surface area contributed by atoms with Gasteiger partial charge in [0.15, 0.2) is 0 Å². The lowest BCUT2D eigenvalue weighted by Gasteiger charge is -2.28. The Kier molecular flexibility index (Phi) is 7.42. The number of nitrogens with one attached hydrogen (secondary N) is 1. The molecule has 0 amide bonds. The van der Waals surface area contributed by atoms with E-state index in [0.29, 0.717) is 33.0 Å². The van der Waals surface area contributed by atoms with Gasteiger partial charge in [0.25, 0.3) is 0 Å². The number of nitrogens with zero attached hydrogens (tertiary/aromatic N) is 3. The largest absolute Gasteiger partial charge is 0.497 e. The molecule has 7 nitrogen and oxygen atoms in total. The number of alkyl halides is 3. The normalized spacial score (nSPS) is 18.4. The Labute approximate surface area is 228 Å². The molecule has 0 bridgehead atoms. The lowest BCUT2D eigenvalue weighted by molar-refractivity contribution is -0.137. The van der Waals surface area contributed by atoms with Gasteiger partial charge in [0, 0.05) is 23.8 Å². The predicted octanol–water partition coefficient (Wildman–Crippen LogP) is 6.40. The number of halogens is 4. The first-order valence-electron chi connectivity index (χ1n) is 12.5. The Morgan fingerprint density at radius 3 is 2.56 bits per heavy atom. The van der Waals surface area contributed by atoms with Gasteiger partial charge >= 0.3 is 6.18 Å². The Bertz CT molecular complexity index is 1530. The molecule has 39 heavy (non-hydrogen) atoms. The summed E-state index contributed by atoms with van der Waals surface area (Å²) in [6.45, 7) is 0. The van der Waals surface area contributed by atoms with Gasteiger partial charge in [-0.3, -0.25) is 0 Å². The number of amidine groups is 1. The van der Waals surface area contributed by atoms with E-state index in [-0.39, 0.29) is 29.2 Å². The molecule has 1 saturated carbocycles. The summed E-state index contributed by atoms with van der Waals surface area (Å²) < 4.78 is 48.6. The van der Waals surface area contributed by atoms with Crippen LogP contribution in [0.3, 0.4) is 0 Å². The van der Waals surface area contributed by atoms with E-state index in [9.17, 15) is 13.2 Å². The Balaban J connectivity index is 1.65. The van der Waals surface area contributed by atoms with Crippen LogP contribution in [-0.2, 0) is 6.18 Å². The highest BCUT2D eigenvalue weighted by atomic mass is 35.5. The first kappa shape index (κ1) is 26.8. The van der Waals surface area contributed by atoms with Crippen LogP contribution in [0.2, 0.25) is 5.02 Å². The molecule has 0 unspecified atom stereocenters. The number of nitrogens with two attached hydrogens (primary N) is 2. The number of benzene rings is 2. The summed E-state index contributed by atoms with van der Waals surface area (Å²) in [7, 11) is 1.33. The second kappa shape index (κ2) is 10.8. The fourth-order valence-corrected chi connectivity index (χ4v) is 5.06. The zero-order chi connectivity index (χ0) is 27.7. The summed E-state index contributed by atoms with van der Waals surface area (Å²) in [5.41, 5.74) is 14.4. The minimum absolute atomic E-state index is 0.0163. The average Bonchev–Trinajstić information content (AvgIpc) is 3.35. The number of hydrogen-bond donors (Lipinski definition) is 3. The highest BCUT2D eigenvalue weighted by Gasteiger charge is 2.34. The zero-order valence-corrected chi connectivity index (χ0v) is 21.9. The van der Waals surface area contributed by atoms with Gasteiger partial charge in [0.2, 0.25) is 0 Å². The van der Waals surface area contributed by atoms with Crippen LogP contribution in [0, 0.1) is 0 Å². The summed E-state index contributed by atoms with van der Waals surface area (Å²) in [4.78, 5) is 4.52. The fraction of sp³-hybridized carbons (Fsp3) is 0.286. The van der Waals surface area contributed by atoms with Crippen LogP contribution in [0.25, 0.3) is 16.6 Å². The first-order chi connectivity index (χ1) is 18.6. The van der Waals surface area contributed by atoms with Gasteiger partial charge in [-0.2, -0.15) is 18.3 Å². The molecule has 0 saturated heterocycles. The van der Waals surface area contributed by atoms with Gasteiger partial charge in [0.05, 0.1) is 46.3 Å². The predicted molar refractivity (Wildman–Crippen MR) is 148 cm³/mol. The number of aromatic nitrogens is 2. The number of fused-ring (bicyclic) bond motifs is 1. The van der Waals surface area contributed by atoms with Crippen LogP contribution in [0.4, 0.5) is 24.5 Å². The van der Waals surface area contributed by atoms with Crippen LogP contribution in [0.5, 0.6) is 5.75 Å². The molecule has 2 aromatic heterocycles. The van der Waals surface area contributed by atoms with Gasteiger partial charge in [0.1, 0.15) is 11.6 Å². The molecule has 2 aromatic carbocycles. The third-order valence-corrected chi connectivity index (χ3v) is 7.29. The van der Waals surface area contributed by atoms with Crippen LogP contribution < -0.4 is 21.5 Å². The van der Waals surface area contributed by atoms with E-state index in [0.717, 1.165) is 31.7 Å². The molecule has 0 aliphatic heterocycles. The highest BCUT2D eigenvalue weighted by molar-refractivity contribution is 6.33. The Morgan fingerprint density at radius 1 is 1.13 bits per heavy atom. The maximum atomic E-state index is 14.0. The fourth-order valence-electron chi connectivity index (χ4n) is 4.89. The molecule has 5 rings (SSSR count). The van der Waals surface area contributed by atoms with Crippen molar-refractivity contribution >= 4 is 34.3 Å². The maximum Gasteiger partial charge on any atom is 0.417 e. The molecule has 11 heteroatoms. The summed E-state index contributed by atoms with van der Waals surface area (Å²) in [6.07, 6.45) is 1.98. The second-order valence-electron chi connectivity index (χ2n) is 9.61. The number of anilines is 1. The standard InChI is InChI=1S/C28H28ClF3N6O/c1-39-19-10-11-20(22(13-19)28(30,31)32)16-12-25-26(36-18-8-6-17(33)7-9-18)21(14-35-38(25)15-16)27(34)37-24-5-3-2-4-23(24)29/h2-5,10-15,17-18,36H,6-9,33H2,1H3,(H2,34,37). The van der Waals surface area contributed by atoms with E-state index >= 15 is 0 Å². The molecule has 0 spiro atoms. The van der Waals surface area contributed by atoms with Crippen molar-refractivity contribution in [2.24, 2.45) is 16.5 Å². The first-order valence-corrected chi connectivity index (χ1v) is 12.9. The second-order valence-corrected chi connectivity index (χ2v) is 10.0. The van der Waals surface area contributed by atoms with Gasteiger partial charge in [-0.1, -0.05) is 29.8 Å². The molecule has 5 N–H and O–H groups in total. The minimum atomic E-state index is -4.58. The number of para-hydroxylation sites is 1. The van der Waals surface area contributed by atoms with E-state index in [4.69, 9.17) is 27.8 Å². The van der Waals surface area contributed by atoms with Crippen molar-refractivity contribution in [3.63, 3.8) is 0 Å². The van der Waals surface area contributed by atoms with Crippen molar-refractivity contribution < 1.29 is 17.9 Å². The number of rotatable bonds is 6. The quantitative estimate of drug-likeness (QED) is 0.188. The lowest BCUT2D eigenvalue weighted by atomic mass is 9.91. The summed E-state index contributed by atoms with van der Waals surface area (Å²) in [6, 6.07) is 12.9. The van der Waals surface area contributed by atoms with E-state index in [1.807, 2.05) is 0 Å². The van der Waals surface area contributed by atoms with Crippen molar-refractivity contribution in [2.45, 2.75) is 43.9 Å². The smallest absolute Gasteiger partial charge is 0.417 e. The average molecular weight is 557 g/mol. The summed E-state index contributed by atoms with van der Waals surface area (Å²) >= 11 is 6.29. The van der Waals surface area contributed by atoms with Gasteiger partial charge < -0.3 is 21.5 Å². The van der Waals surface area contributed by atoms with E-state index < -0.39 is 11.7 Å². The molecular weight excluding hydrogens is 529 g/mol. The van der Waals surface area contributed by atoms with Crippen LogP contribution in [0.1, 0.15) is 36.8 Å². The Hall–Kier alpha value is -3.76. The molecule has 204 valence electrons. The number of methoxy groups -OCH3 is 1. The third-order valence-electron chi connectivity index (χ3n) is 6.97. The summed E-state index contributed by atoms with van der Waals surface area (Å²) in [5.74, 6) is 0.299. The number of hydrogen-bond acceptors (Lipinski definition) is 5. The Morgan fingerprint density at radius 2 is 1.87 bits per heavy atom. The van der Waals surface area contributed by atoms with Crippen molar-refractivity contribution in [2.75, 3.05) is 12.4 Å². The van der Waals surface area contributed by atoms with Crippen LogP contribution in [-0.4, -0.2) is 34.6 Å². The molecule has 1 aliphatic rings.